The molecule has 0 spiro atoms. The Kier molecular flexibility index (Phi) is 2.00. The summed E-state index contributed by atoms with van der Waals surface area (Å²) in [6, 6.07) is 5.88. The number of hydrogen-bond acceptors (Lipinski definition) is 2. The molecule has 70 valence electrons. The van der Waals surface area contributed by atoms with Gasteiger partial charge in [-0.3, -0.25) is 0 Å². The van der Waals surface area contributed by atoms with E-state index >= 15 is 0 Å². The summed E-state index contributed by atoms with van der Waals surface area (Å²) in [6.07, 6.45) is 0.254. The number of hydrogen-bond donors (Lipinski definition) is 1. The van der Waals surface area contributed by atoms with E-state index in [0.29, 0.717) is 5.92 Å². The quantitative estimate of drug-likeness (QED) is 0.713. The lowest BCUT2D eigenvalue weighted by atomic mass is 9.97. The second kappa shape index (κ2) is 3.04. The molecule has 2 unspecified atom stereocenters. The van der Waals surface area contributed by atoms with Crippen LogP contribution in [0.2, 0.25) is 0 Å². The zero-order valence-electron chi connectivity index (χ0n) is 7.95. The average molecular weight is 178 g/mol. The number of aliphatic hydroxyl groups excluding tert-OH is 1. The van der Waals surface area contributed by atoms with Gasteiger partial charge in [-0.1, -0.05) is 13.0 Å². The van der Waals surface area contributed by atoms with E-state index in [1.807, 2.05) is 18.2 Å². The van der Waals surface area contributed by atoms with Gasteiger partial charge < -0.3 is 9.84 Å². The highest BCUT2D eigenvalue weighted by molar-refractivity contribution is 5.43. The summed E-state index contributed by atoms with van der Waals surface area (Å²) in [5.41, 5.74) is 2.18. The van der Waals surface area contributed by atoms with Crippen molar-refractivity contribution < 1.29 is 9.84 Å². The average Bonchev–Trinajstić information content (AvgIpc) is 2.43. The van der Waals surface area contributed by atoms with Crippen LogP contribution >= 0.6 is 0 Å². The lowest BCUT2D eigenvalue weighted by Crippen LogP contribution is -2.10. The van der Waals surface area contributed by atoms with Crippen LogP contribution in [0.4, 0.5) is 0 Å². The minimum atomic E-state index is 0.106. The first-order chi connectivity index (χ1) is 6.22. The van der Waals surface area contributed by atoms with E-state index < -0.39 is 0 Å². The number of rotatable bonds is 1. The Morgan fingerprint density at radius 3 is 2.85 bits per heavy atom. The zero-order chi connectivity index (χ0) is 9.42. The molecule has 0 radical (unpaired) electrons. The van der Waals surface area contributed by atoms with Crippen molar-refractivity contribution in [1.82, 2.24) is 0 Å². The van der Waals surface area contributed by atoms with Gasteiger partial charge >= 0.3 is 0 Å². The van der Waals surface area contributed by atoms with E-state index in [1.54, 1.807) is 0 Å². The highest BCUT2D eigenvalue weighted by Gasteiger charge is 2.27. The minimum Gasteiger partial charge on any atom is -0.490 e. The second-order valence-electron chi connectivity index (χ2n) is 3.64. The molecule has 2 atom stereocenters. The Balaban J connectivity index is 2.42. The molecule has 0 fully saturated rings. The van der Waals surface area contributed by atoms with Crippen LogP contribution in [-0.4, -0.2) is 11.2 Å². The first-order valence-electron chi connectivity index (χ1n) is 4.62. The van der Waals surface area contributed by atoms with Gasteiger partial charge in [0.25, 0.3) is 0 Å². The number of aliphatic hydroxyl groups is 1. The molecule has 1 N–H and O–H groups in total. The fraction of sp³-hybridized carbons (Fsp3) is 0.455. The number of ether oxygens (including phenoxy) is 1. The second-order valence-corrected chi connectivity index (χ2v) is 3.64. The molecule has 2 heteroatoms. The zero-order valence-corrected chi connectivity index (χ0v) is 7.95. The Hall–Kier alpha value is -1.02. The third-order valence-corrected chi connectivity index (χ3v) is 2.76. The van der Waals surface area contributed by atoms with Crippen LogP contribution in [0.5, 0.6) is 5.75 Å². The Labute approximate surface area is 78.2 Å². The smallest absolute Gasteiger partial charge is 0.123 e. The van der Waals surface area contributed by atoms with Gasteiger partial charge in [0.05, 0.1) is 6.61 Å². The molecule has 2 nitrogen and oxygen atoms in total. The fourth-order valence-corrected chi connectivity index (χ4v) is 1.71. The van der Waals surface area contributed by atoms with Crippen molar-refractivity contribution >= 4 is 0 Å². The molecular formula is C11H14O2. The molecule has 0 aliphatic carbocycles. The van der Waals surface area contributed by atoms with E-state index in [2.05, 4.69) is 13.8 Å². The molecule has 1 aromatic rings. The van der Waals surface area contributed by atoms with Crippen molar-refractivity contribution in [2.24, 2.45) is 0 Å². The van der Waals surface area contributed by atoms with Crippen LogP contribution in [0.15, 0.2) is 18.2 Å². The molecule has 1 aromatic carbocycles. The largest absolute Gasteiger partial charge is 0.490 e. The fourth-order valence-electron chi connectivity index (χ4n) is 1.71. The highest BCUT2D eigenvalue weighted by atomic mass is 16.5. The van der Waals surface area contributed by atoms with Crippen molar-refractivity contribution in [2.45, 2.75) is 32.5 Å². The Bertz CT molecular complexity index is 320. The Morgan fingerprint density at radius 2 is 2.15 bits per heavy atom. The summed E-state index contributed by atoms with van der Waals surface area (Å²) in [4.78, 5) is 0. The van der Waals surface area contributed by atoms with Crippen molar-refractivity contribution in [3.8, 4) is 5.75 Å². The van der Waals surface area contributed by atoms with E-state index in [1.165, 1.54) is 5.56 Å². The SMILES string of the molecule is CC1Oc2ccc(CO)cc2C1C. The molecule has 1 aliphatic heterocycles. The van der Waals surface area contributed by atoms with Crippen LogP contribution in [0.25, 0.3) is 0 Å². The lowest BCUT2D eigenvalue weighted by Gasteiger charge is -2.07. The number of fused-ring (bicyclic) bond motifs is 1. The van der Waals surface area contributed by atoms with Gasteiger partial charge in [-0.25, -0.2) is 0 Å². The third-order valence-electron chi connectivity index (χ3n) is 2.76. The molecule has 0 amide bonds. The monoisotopic (exact) mass is 178 g/mol. The van der Waals surface area contributed by atoms with Gasteiger partial charge in [0.15, 0.2) is 0 Å². The van der Waals surface area contributed by atoms with E-state index in [-0.39, 0.29) is 12.7 Å². The molecular weight excluding hydrogens is 164 g/mol. The summed E-state index contributed by atoms with van der Waals surface area (Å²) >= 11 is 0. The van der Waals surface area contributed by atoms with Crippen LogP contribution in [-0.2, 0) is 6.61 Å². The van der Waals surface area contributed by atoms with Crippen molar-refractivity contribution in [1.29, 1.82) is 0 Å². The summed E-state index contributed by atoms with van der Waals surface area (Å²) < 4.78 is 5.64. The first-order valence-corrected chi connectivity index (χ1v) is 4.62. The molecule has 1 heterocycles. The molecule has 0 saturated heterocycles. The van der Waals surface area contributed by atoms with Crippen LogP contribution in [0, 0.1) is 0 Å². The summed E-state index contributed by atoms with van der Waals surface area (Å²) in [7, 11) is 0. The van der Waals surface area contributed by atoms with E-state index in [0.717, 1.165) is 11.3 Å². The molecule has 0 saturated carbocycles. The van der Waals surface area contributed by atoms with Gasteiger partial charge in [0.1, 0.15) is 11.9 Å². The standard InChI is InChI=1S/C11H14O2/c1-7-8(2)13-11-4-3-9(6-12)5-10(7)11/h3-5,7-8,12H,6H2,1-2H3. The van der Waals surface area contributed by atoms with E-state index in [9.17, 15) is 0 Å². The van der Waals surface area contributed by atoms with Gasteiger partial charge in [0.2, 0.25) is 0 Å². The predicted octanol–water partition coefficient (Wildman–Crippen LogP) is 2.06. The van der Waals surface area contributed by atoms with Gasteiger partial charge in [-0.15, -0.1) is 0 Å². The summed E-state index contributed by atoms with van der Waals surface area (Å²) in [6.45, 7) is 4.33. The normalized spacial score (nSPS) is 25.5. The van der Waals surface area contributed by atoms with Crippen molar-refractivity contribution in [3.05, 3.63) is 29.3 Å². The molecule has 2 rings (SSSR count). The Morgan fingerprint density at radius 1 is 1.38 bits per heavy atom. The van der Waals surface area contributed by atoms with Gasteiger partial charge in [-0.05, 0) is 24.6 Å². The van der Waals surface area contributed by atoms with Gasteiger partial charge in [0, 0.05) is 11.5 Å². The van der Waals surface area contributed by atoms with Gasteiger partial charge in [-0.2, -0.15) is 0 Å². The molecule has 0 aromatic heterocycles. The predicted molar refractivity (Wildman–Crippen MR) is 50.9 cm³/mol. The highest BCUT2D eigenvalue weighted by Crippen LogP contribution is 2.38. The van der Waals surface area contributed by atoms with Crippen LogP contribution < -0.4 is 4.74 Å². The van der Waals surface area contributed by atoms with Crippen LogP contribution in [0.1, 0.15) is 30.9 Å². The summed E-state index contributed by atoms with van der Waals surface area (Å²) in [5.74, 6) is 1.40. The van der Waals surface area contributed by atoms with Crippen molar-refractivity contribution in [3.63, 3.8) is 0 Å². The third kappa shape index (κ3) is 1.31. The molecule has 13 heavy (non-hydrogen) atoms. The minimum absolute atomic E-state index is 0.106. The van der Waals surface area contributed by atoms with Crippen molar-refractivity contribution in [2.75, 3.05) is 0 Å². The maximum absolute atomic E-state index is 8.98. The number of benzene rings is 1. The summed E-state index contributed by atoms with van der Waals surface area (Å²) in [5, 5.41) is 8.98. The maximum atomic E-state index is 8.98. The molecule has 0 bridgehead atoms. The van der Waals surface area contributed by atoms with Crippen LogP contribution in [0.3, 0.4) is 0 Å². The maximum Gasteiger partial charge on any atom is 0.123 e. The van der Waals surface area contributed by atoms with E-state index in [4.69, 9.17) is 9.84 Å². The topological polar surface area (TPSA) is 29.5 Å². The lowest BCUT2D eigenvalue weighted by molar-refractivity contribution is 0.232. The molecule has 1 aliphatic rings. The first kappa shape index (κ1) is 8.57.